The van der Waals surface area contributed by atoms with Gasteiger partial charge < -0.3 is 10.6 Å². The van der Waals surface area contributed by atoms with E-state index in [0.717, 1.165) is 32.9 Å². The van der Waals surface area contributed by atoms with E-state index in [0.29, 0.717) is 9.90 Å². The molecule has 0 aromatic carbocycles. The SMILES string of the molecule is CNC(=O)c1ccc(Nc2nc(-c3c(C)nc4c(Cl)cccn34)cs2)s1. The monoisotopic (exact) mass is 403 g/mol. The molecule has 26 heavy (non-hydrogen) atoms. The molecule has 4 rings (SSSR count). The third-order valence-electron chi connectivity index (χ3n) is 3.81. The highest BCUT2D eigenvalue weighted by Gasteiger charge is 2.16. The van der Waals surface area contributed by atoms with Gasteiger partial charge in [-0.2, -0.15) is 0 Å². The minimum Gasteiger partial charge on any atom is -0.354 e. The van der Waals surface area contributed by atoms with Gasteiger partial charge in [0.05, 0.1) is 26.3 Å². The van der Waals surface area contributed by atoms with Crippen molar-refractivity contribution >= 4 is 56.0 Å². The van der Waals surface area contributed by atoms with Crippen LogP contribution in [0.4, 0.5) is 10.1 Å². The lowest BCUT2D eigenvalue weighted by atomic mass is 10.3. The summed E-state index contributed by atoms with van der Waals surface area (Å²) in [6.07, 6.45) is 1.93. The highest BCUT2D eigenvalue weighted by molar-refractivity contribution is 7.18. The number of hydrogen-bond donors (Lipinski definition) is 2. The quantitative estimate of drug-likeness (QED) is 0.523. The molecule has 6 nitrogen and oxygen atoms in total. The average Bonchev–Trinajstić information content (AvgIpc) is 3.34. The van der Waals surface area contributed by atoms with Crippen LogP contribution in [0.2, 0.25) is 5.02 Å². The number of anilines is 2. The molecule has 4 heterocycles. The minimum atomic E-state index is -0.0962. The van der Waals surface area contributed by atoms with Crippen LogP contribution in [0.1, 0.15) is 15.4 Å². The van der Waals surface area contributed by atoms with Crippen molar-refractivity contribution in [1.29, 1.82) is 0 Å². The second kappa shape index (κ2) is 6.71. The van der Waals surface area contributed by atoms with Crippen molar-refractivity contribution in [3.05, 3.63) is 51.4 Å². The number of thiophene rings is 1. The van der Waals surface area contributed by atoms with Gasteiger partial charge in [0.2, 0.25) is 0 Å². The molecule has 0 aliphatic heterocycles. The van der Waals surface area contributed by atoms with Crippen LogP contribution in [0, 0.1) is 6.92 Å². The number of amides is 1. The molecule has 132 valence electrons. The van der Waals surface area contributed by atoms with Crippen molar-refractivity contribution in [1.82, 2.24) is 19.7 Å². The maximum absolute atomic E-state index is 11.7. The molecule has 4 aromatic heterocycles. The third kappa shape index (κ3) is 2.96. The van der Waals surface area contributed by atoms with Gasteiger partial charge in [-0.05, 0) is 31.2 Å². The first-order valence-electron chi connectivity index (χ1n) is 7.75. The summed E-state index contributed by atoms with van der Waals surface area (Å²) in [5.41, 5.74) is 3.34. The Kier molecular flexibility index (Phi) is 4.39. The molecule has 0 atom stereocenters. The maximum Gasteiger partial charge on any atom is 0.261 e. The summed E-state index contributed by atoms with van der Waals surface area (Å²) in [6, 6.07) is 7.37. The molecule has 1 amide bonds. The molecule has 0 saturated carbocycles. The molecule has 0 bridgehead atoms. The summed E-state index contributed by atoms with van der Waals surface area (Å²) in [4.78, 5) is 21.5. The van der Waals surface area contributed by atoms with E-state index in [1.807, 2.05) is 41.1 Å². The van der Waals surface area contributed by atoms with Crippen molar-refractivity contribution in [3.63, 3.8) is 0 Å². The Labute approximate surface area is 162 Å². The number of aryl methyl sites for hydroxylation is 1. The number of rotatable bonds is 4. The maximum atomic E-state index is 11.7. The van der Waals surface area contributed by atoms with Gasteiger partial charge in [0.1, 0.15) is 5.69 Å². The summed E-state index contributed by atoms with van der Waals surface area (Å²) in [5.74, 6) is -0.0962. The van der Waals surface area contributed by atoms with Crippen LogP contribution in [-0.4, -0.2) is 27.3 Å². The summed E-state index contributed by atoms with van der Waals surface area (Å²) in [6.45, 7) is 1.94. The zero-order valence-electron chi connectivity index (χ0n) is 13.9. The van der Waals surface area contributed by atoms with E-state index in [1.165, 1.54) is 22.7 Å². The van der Waals surface area contributed by atoms with E-state index in [-0.39, 0.29) is 5.91 Å². The molecule has 0 radical (unpaired) electrons. The minimum absolute atomic E-state index is 0.0962. The van der Waals surface area contributed by atoms with Crippen molar-refractivity contribution in [2.45, 2.75) is 6.92 Å². The molecule has 0 fully saturated rings. The van der Waals surface area contributed by atoms with E-state index in [2.05, 4.69) is 20.6 Å². The van der Waals surface area contributed by atoms with Gasteiger partial charge in [-0.25, -0.2) is 9.97 Å². The van der Waals surface area contributed by atoms with Crippen LogP contribution in [-0.2, 0) is 0 Å². The van der Waals surface area contributed by atoms with Crippen LogP contribution in [0.25, 0.3) is 17.0 Å². The number of fused-ring (bicyclic) bond motifs is 1. The number of hydrogen-bond acceptors (Lipinski definition) is 6. The van der Waals surface area contributed by atoms with Crippen molar-refractivity contribution in [2.75, 3.05) is 12.4 Å². The summed E-state index contributed by atoms with van der Waals surface area (Å²) in [7, 11) is 1.62. The first kappa shape index (κ1) is 17.0. The van der Waals surface area contributed by atoms with Crippen LogP contribution in [0.15, 0.2) is 35.8 Å². The molecule has 0 saturated heterocycles. The van der Waals surface area contributed by atoms with Gasteiger partial charge in [-0.1, -0.05) is 11.6 Å². The lowest BCUT2D eigenvalue weighted by Crippen LogP contribution is -2.15. The first-order valence-corrected chi connectivity index (χ1v) is 9.82. The van der Waals surface area contributed by atoms with Crippen LogP contribution < -0.4 is 10.6 Å². The van der Waals surface area contributed by atoms with E-state index in [1.54, 1.807) is 13.1 Å². The first-order chi connectivity index (χ1) is 12.6. The van der Waals surface area contributed by atoms with Crippen LogP contribution in [0.5, 0.6) is 0 Å². The van der Waals surface area contributed by atoms with E-state index < -0.39 is 0 Å². The van der Waals surface area contributed by atoms with Gasteiger partial charge in [0.15, 0.2) is 10.8 Å². The fourth-order valence-electron chi connectivity index (χ4n) is 2.65. The number of pyridine rings is 1. The lowest BCUT2D eigenvalue weighted by Gasteiger charge is -2.00. The summed E-state index contributed by atoms with van der Waals surface area (Å²) in [5, 5.41) is 10.1. The lowest BCUT2D eigenvalue weighted by molar-refractivity contribution is 0.0967. The van der Waals surface area contributed by atoms with Crippen molar-refractivity contribution in [3.8, 4) is 11.4 Å². The zero-order valence-corrected chi connectivity index (χ0v) is 16.3. The molecular weight excluding hydrogens is 390 g/mol. The Balaban J connectivity index is 1.65. The smallest absolute Gasteiger partial charge is 0.261 e. The number of nitrogens with one attached hydrogen (secondary N) is 2. The Morgan fingerprint density at radius 2 is 2.12 bits per heavy atom. The predicted molar refractivity (Wildman–Crippen MR) is 107 cm³/mol. The molecule has 0 aliphatic rings. The van der Waals surface area contributed by atoms with Crippen LogP contribution in [0.3, 0.4) is 0 Å². The Bertz CT molecular complexity index is 1110. The largest absolute Gasteiger partial charge is 0.354 e. The van der Waals surface area contributed by atoms with Gasteiger partial charge in [0, 0.05) is 18.6 Å². The number of nitrogens with zero attached hydrogens (tertiary/aromatic N) is 3. The second-order valence-corrected chi connectivity index (χ2v) is 7.85. The number of aromatic nitrogens is 3. The molecule has 0 spiro atoms. The van der Waals surface area contributed by atoms with Gasteiger partial charge in [-0.3, -0.25) is 9.20 Å². The van der Waals surface area contributed by atoms with Gasteiger partial charge in [0.25, 0.3) is 5.91 Å². The highest BCUT2D eigenvalue weighted by Crippen LogP contribution is 2.32. The van der Waals surface area contributed by atoms with Gasteiger partial charge in [-0.15, -0.1) is 22.7 Å². The fraction of sp³-hybridized carbons (Fsp3) is 0.118. The van der Waals surface area contributed by atoms with E-state index in [9.17, 15) is 4.79 Å². The number of imidazole rings is 1. The third-order valence-corrected chi connectivity index (χ3v) is 5.86. The molecule has 4 aromatic rings. The second-order valence-electron chi connectivity index (χ2n) is 5.50. The van der Waals surface area contributed by atoms with Gasteiger partial charge >= 0.3 is 0 Å². The standard InChI is InChI=1S/C17H14ClN5OS2/c1-9-14(23-7-3-4-10(18)15(23)20-9)11-8-25-17(21-11)22-13-6-5-12(26-13)16(24)19-2/h3-8H,1-2H3,(H,19,24)(H,21,22). The molecule has 9 heteroatoms. The average molecular weight is 404 g/mol. The molecular formula is C17H14ClN5OS2. The normalized spacial score (nSPS) is 11.0. The summed E-state index contributed by atoms with van der Waals surface area (Å²) < 4.78 is 1.95. The number of thiazole rings is 1. The predicted octanol–water partition coefficient (Wildman–Crippen LogP) is 4.58. The molecule has 0 aliphatic carbocycles. The van der Waals surface area contributed by atoms with E-state index in [4.69, 9.17) is 11.6 Å². The number of carbonyl (C=O) groups is 1. The van der Waals surface area contributed by atoms with Crippen molar-refractivity contribution < 1.29 is 4.79 Å². The van der Waals surface area contributed by atoms with E-state index >= 15 is 0 Å². The van der Waals surface area contributed by atoms with Crippen molar-refractivity contribution in [2.24, 2.45) is 0 Å². The molecule has 2 N–H and O–H groups in total. The number of halogens is 1. The summed E-state index contributed by atoms with van der Waals surface area (Å²) >= 11 is 9.12. The Morgan fingerprint density at radius 1 is 1.27 bits per heavy atom. The topological polar surface area (TPSA) is 71.3 Å². The zero-order chi connectivity index (χ0) is 18.3. The van der Waals surface area contributed by atoms with Crippen LogP contribution >= 0.6 is 34.3 Å². The Morgan fingerprint density at radius 3 is 2.92 bits per heavy atom. The highest BCUT2D eigenvalue weighted by atomic mass is 35.5. The number of carbonyl (C=O) groups excluding carboxylic acids is 1. The fourth-order valence-corrected chi connectivity index (χ4v) is 4.48. The molecule has 0 unspecified atom stereocenters. The Hall–Kier alpha value is -2.42.